The number of aromatic nitrogens is 4. The molecule has 0 saturated carbocycles. The molecule has 0 unspecified atom stereocenters. The van der Waals surface area contributed by atoms with Gasteiger partial charge in [-0.3, -0.25) is 0 Å². The van der Waals surface area contributed by atoms with Crippen molar-refractivity contribution in [3.8, 4) is 11.4 Å². The van der Waals surface area contributed by atoms with Crippen molar-refractivity contribution in [2.45, 2.75) is 18.6 Å². The summed E-state index contributed by atoms with van der Waals surface area (Å²) >= 11 is 0. The molecule has 4 rings (SSSR count). The van der Waals surface area contributed by atoms with Crippen molar-refractivity contribution >= 4 is 11.5 Å². The van der Waals surface area contributed by atoms with Gasteiger partial charge in [0.1, 0.15) is 17.0 Å². The number of rotatable bonds is 3. The molecule has 7 nitrogen and oxygen atoms in total. The molecule has 1 fully saturated rings. The molecule has 2 atom stereocenters. The molecule has 10 heteroatoms. The predicted octanol–water partition coefficient (Wildman–Crippen LogP) is 1.77. The van der Waals surface area contributed by atoms with Crippen molar-refractivity contribution in [1.82, 2.24) is 19.6 Å². The summed E-state index contributed by atoms with van der Waals surface area (Å²) in [5, 5.41) is 17.1. The average molecular weight is 365 g/mol. The first-order chi connectivity index (χ1) is 12.5. The van der Waals surface area contributed by atoms with Gasteiger partial charge < -0.3 is 15.2 Å². The highest BCUT2D eigenvalue weighted by Crippen LogP contribution is 2.26. The highest BCUT2D eigenvalue weighted by molar-refractivity contribution is 5.64. The van der Waals surface area contributed by atoms with Gasteiger partial charge in [-0.05, 0) is 6.42 Å². The summed E-state index contributed by atoms with van der Waals surface area (Å²) in [4.78, 5) is 7.72. The summed E-state index contributed by atoms with van der Waals surface area (Å²) in [7, 11) is 0. The molecule has 3 aromatic rings. The lowest BCUT2D eigenvalue weighted by Crippen LogP contribution is -2.42. The summed E-state index contributed by atoms with van der Waals surface area (Å²) in [6.07, 6.45) is 1.89. The van der Waals surface area contributed by atoms with Crippen LogP contribution in [0, 0.1) is 17.5 Å². The lowest BCUT2D eigenvalue weighted by molar-refractivity contribution is -0.0136. The molecule has 0 amide bonds. The van der Waals surface area contributed by atoms with E-state index in [1.165, 1.54) is 6.20 Å². The van der Waals surface area contributed by atoms with E-state index < -0.39 is 23.6 Å². The van der Waals surface area contributed by atoms with Gasteiger partial charge in [-0.25, -0.2) is 27.7 Å². The second kappa shape index (κ2) is 6.54. The summed E-state index contributed by atoms with van der Waals surface area (Å²) in [5.41, 5.74) is -0.197. The Kier molecular flexibility index (Phi) is 4.21. The van der Waals surface area contributed by atoms with Crippen molar-refractivity contribution < 1.29 is 23.0 Å². The Bertz CT molecular complexity index is 964. The van der Waals surface area contributed by atoms with Crippen LogP contribution in [-0.2, 0) is 4.74 Å². The number of halogens is 3. The Morgan fingerprint density at radius 3 is 2.77 bits per heavy atom. The van der Waals surface area contributed by atoms with Crippen molar-refractivity contribution in [1.29, 1.82) is 0 Å². The average Bonchev–Trinajstić information content (AvgIpc) is 2.93. The minimum absolute atomic E-state index is 0.0172. The molecule has 0 bridgehead atoms. The minimum Gasteiger partial charge on any atom is -0.389 e. The quantitative estimate of drug-likeness (QED) is 0.736. The van der Waals surface area contributed by atoms with Gasteiger partial charge in [0.25, 0.3) is 0 Å². The third kappa shape index (κ3) is 2.97. The standard InChI is InChI=1S/C16H14F3N5O2/c17-8-3-10(19)15(20-5-8)12-4-9(18)13-6-21-16(23-24(12)13)22-11-1-2-26-7-14(11)25/h3-6,11,14,25H,1-2,7H2,(H,22,23)/t11-,14-/m1/s1. The number of hydrogen-bond acceptors (Lipinski definition) is 6. The van der Waals surface area contributed by atoms with Crippen molar-refractivity contribution in [2.75, 3.05) is 18.5 Å². The normalized spacial score (nSPS) is 20.5. The van der Waals surface area contributed by atoms with Crippen molar-refractivity contribution in [2.24, 2.45) is 0 Å². The van der Waals surface area contributed by atoms with E-state index in [9.17, 15) is 18.3 Å². The van der Waals surface area contributed by atoms with Gasteiger partial charge in [0.2, 0.25) is 5.95 Å². The fraction of sp³-hybridized carbons (Fsp3) is 0.312. The lowest BCUT2D eigenvalue weighted by Gasteiger charge is -2.28. The third-order valence-electron chi connectivity index (χ3n) is 4.16. The summed E-state index contributed by atoms with van der Waals surface area (Å²) in [6, 6.07) is 1.39. The number of anilines is 1. The first-order valence-corrected chi connectivity index (χ1v) is 7.91. The van der Waals surface area contributed by atoms with Gasteiger partial charge in [0.15, 0.2) is 11.6 Å². The topological polar surface area (TPSA) is 84.6 Å². The molecule has 1 aliphatic rings. The molecule has 2 N–H and O–H groups in total. The smallest absolute Gasteiger partial charge is 0.241 e. The maximum absolute atomic E-state index is 14.2. The van der Waals surface area contributed by atoms with Crippen LogP contribution >= 0.6 is 0 Å². The Hall–Kier alpha value is -2.72. The molecule has 1 aliphatic heterocycles. The van der Waals surface area contributed by atoms with Crippen molar-refractivity contribution in [3.05, 3.63) is 42.0 Å². The Morgan fingerprint density at radius 2 is 2.00 bits per heavy atom. The second-order valence-electron chi connectivity index (χ2n) is 5.92. The van der Waals surface area contributed by atoms with Crippen LogP contribution in [0.15, 0.2) is 24.5 Å². The Morgan fingerprint density at radius 1 is 1.15 bits per heavy atom. The number of fused-ring (bicyclic) bond motifs is 1. The van der Waals surface area contributed by atoms with Crippen LogP contribution in [0.2, 0.25) is 0 Å². The largest absolute Gasteiger partial charge is 0.389 e. The molecule has 0 radical (unpaired) electrons. The molecule has 0 spiro atoms. The molecule has 1 saturated heterocycles. The second-order valence-corrected chi connectivity index (χ2v) is 5.92. The number of aliphatic hydroxyl groups excluding tert-OH is 1. The van der Waals surface area contributed by atoms with E-state index in [1.807, 2.05) is 0 Å². The Labute approximate surface area is 145 Å². The maximum Gasteiger partial charge on any atom is 0.241 e. The fourth-order valence-corrected chi connectivity index (χ4v) is 2.85. The van der Waals surface area contributed by atoms with Gasteiger partial charge in [-0.1, -0.05) is 0 Å². The van der Waals surface area contributed by atoms with Crippen LogP contribution in [0.5, 0.6) is 0 Å². The first kappa shape index (κ1) is 16.7. The van der Waals surface area contributed by atoms with Gasteiger partial charge in [0.05, 0.1) is 36.8 Å². The monoisotopic (exact) mass is 365 g/mol. The van der Waals surface area contributed by atoms with E-state index >= 15 is 0 Å². The number of aliphatic hydroxyl groups is 1. The summed E-state index contributed by atoms with van der Waals surface area (Å²) in [5.74, 6) is -2.30. The van der Waals surface area contributed by atoms with Crippen molar-refractivity contribution in [3.63, 3.8) is 0 Å². The predicted molar refractivity (Wildman–Crippen MR) is 84.9 cm³/mol. The third-order valence-corrected chi connectivity index (χ3v) is 4.16. The van der Waals surface area contributed by atoms with Crippen LogP contribution in [0.1, 0.15) is 6.42 Å². The number of hydrogen-bond donors (Lipinski definition) is 2. The molecule has 26 heavy (non-hydrogen) atoms. The van der Waals surface area contributed by atoms with Crippen LogP contribution < -0.4 is 5.32 Å². The molecular weight excluding hydrogens is 351 g/mol. The van der Waals surface area contributed by atoms with Gasteiger partial charge >= 0.3 is 0 Å². The van der Waals surface area contributed by atoms with E-state index in [0.717, 1.165) is 16.8 Å². The van der Waals surface area contributed by atoms with Crippen LogP contribution in [0.4, 0.5) is 19.1 Å². The van der Waals surface area contributed by atoms with Crippen LogP contribution in [0.25, 0.3) is 16.9 Å². The molecule has 136 valence electrons. The van der Waals surface area contributed by atoms with Crippen LogP contribution in [0.3, 0.4) is 0 Å². The van der Waals surface area contributed by atoms with Gasteiger partial charge in [-0.2, -0.15) is 0 Å². The summed E-state index contributed by atoms with van der Waals surface area (Å²) < 4.78 is 47.6. The highest BCUT2D eigenvalue weighted by atomic mass is 19.1. The molecule has 4 heterocycles. The number of nitrogens with zero attached hydrogens (tertiary/aromatic N) is 4. The first-order valence-electron chi connectivity index (χ1n) is 7.91. The number of nitrogens with one attached hydrogen (secondary N) is 1. The zero-order chi connectivity index (χ0) is 18.3. The van der Waals surface area contributed by atoms with E-state index in [-0.39, 0.29) is 35.5 Å². The van der Waals surface area contributed by atoms with E-state index in [2.05, 4.69) is 20.4 Å². The number of ether oxygens (including phenoxy) is 1. The molecular formula is C16H14F3N5O2. The lowest BCUT2D eigenvalue weighted by atomic mass is 10.1. The molecule has 0 aliphatic carbocycles. The van der Waals surface area contributed by atoms with Gasteiger partial charge in [0, 0.05) is 18.7 Å². The fourth-order valence-electron chi connectivity index (χ4n) is 2.85. The summed E-state index contributed by atoms with van der Waals surface area (Å²) in [6.45, 7) is 0.666. The van der Waals surface area contributed by atoms with E-state index in [1.54, 1.807) is 0 Å². The van der Waals surface area contributed by atoms with Crippen LogP contribution in [-0.4, -0.2) is 50.0 Å². The number of pyridine rings is 1. The molecule has 3 aromatic heterocycles. The molecule has 0 aromatic carbocycles. The zero-order valence-electron chi connectivity index (χ0n) is 13.4. The zero-order valence-corrected chi connectivity index (χ0v) is 13.4. The highest BCUT2D eigenvalue weighted by Gasteiger charge is 2.25. The van der Waals surface area contributed by atoms with E-state index in [4.69, 9.17) is 4.74 Å². The Balaban J connectivity index is 1.75. The maximum atomic E-state index is 14.2. The van der Waals surface area contributed by atoms with E-state index in [0.29, 0.717) is 19.1 Å². The SMILES string of the molecule is O[C@@H]1COCC[C@H]1Nc1ncc2c(F)cc(-c3ncc(F)cc3F)n2n1. The van der Waals surface area contributed by atoms with Gasteiger partial charge in [-0.15, -0.1) is 5.10 Å². The minimum atomic E-state index is -0.933.